The molecular weight excluding hydrogens is 290 g/mol. The molecule has 1 aromatic rings. The number of nitrogens with one attached hydrogen (secondary N) is 1. The molecule has 1 aromatic carbocycles. The number of hydrogen-bond donors (Lipinski definition) is 2. The second-order valence-electron chi connectivity index (χ2n) is 6.97. The van der Waals surface area contributed by atoms with Crippen LogP contribution in [0.4, 0.5) is 0 Å². The summed E-state index contributed by atoms with van der Waals surface area (Å²) in [4.78, 5) is 12.6. The zero-order valence-electron chi connectivity index (χ0n) is 14.3. The lowest BCUT2D eigenvalue weighted by Gasteiger charge is -2.36. The van der Waals surface area contributed by atoms with E-state index in [1.54, 1.807) is 7.11 Å². The van der Waals surface area contributed by atoms with Crippen LogP contribution in [0.2, 0.25) is 0 Å². The number of carbonyl (C=O) groups is 1. The number of aryl methyl sites for hydroxylation is 3. The molecule has 4 nitrogen and oxygen atoms in total. The Morgan fingerprint density at radius 1 is 1.17 bits per heavy atom. The van der Waals surface area contributed by atoms with Gasteiger partial charge in [0.05, 0.1) is 17.2 Å². The third-order valence-electron chi connectivity index (χ3n) is 5.32. The van der Waals surface area contributed by atoms with Gasteiger partial charge in [0.25, 0.3) is 5.91 Å². The molecule has 2 aliphatic rings. The van der Waals surface area contributed by atoms with E-state index in [0.29, 0.717) is 5.57 Å². The number of amides is 1. The van der Waals surface area contributed by atoms with Crippen LogP contribution in [0.5, 0.6) is 0 Å². The molecule has 1 aliphatic carbocycles. The molecule has 0 aromatic heterocycles. The molecule has 3 rings (SSSR count). The fourth-order valence-corrected chi connectivity index (χ4v) is 4.17. The highest BCUT2D eigenvalue weighted by Gasteiger charge is 2.48. The molecule has 23 heavy (non-hydrogen) atoms. The third-order valence-corrected chi connectivity index (χ3v) is 5.32. The molecule has 0 atom stereocenters. The van der Waals surface area contributed by atoms with E-state index in [1.807, 2.05) is 20.8 Å². The van der Waals surface area contributed by atoms with Crippen LogP contribution in [-0.2, 0) is 9.53 Å². The first kappa shape index (κ1) is 16.1. The highest BCUT2D eigenvalue weighted by molar-refractivity contribution is 6.24. The van der Waals surface area contributed by atoms with Crippen molar-refractivity contribution in [2.24, 2.45) is 0 Å². The van der Waals surface area contributed by atoms with Gasteiger partial charge in [-0.15, -0.1) is 0 Å². The van der Waals surface area contributed by atoms with Crippen molar-refractivity contribution in [2.45, 2.75) is 58.1 Å². The lowest BCUT2D eigenvalue weighted by atomic mass is 9.79. The topological polar surface area (TPSA) is 58.6 Å². The van der Waals surface area contributed by atoms with E-state index in [1.165, 1.54) is 0 Å². The highest BCUT2D eigenvalue weighted by Crippen LogP contribution is 2.43. The number of benzene rings is 1. The van der Waals surface area contributed by atoms with Gasteiger partial charge in [-0.05, 0) is 63.1 Å². The number of rotatable bonds is 2. The Kier molecular flexibility index (Phi) is 3.96. The quantitative estimate of drug-likeness (QED) is 0.880. The molecular formula is C19H25NO3. The monoisotopic (exact) mass is 315 g/mol. The van der Waals surface area contributed by atoms with Gasteiger partial charge >= 0.3 is 0 Å². The maximum Gasteiger partial charge on any atom is 0.256 e. The van der Waals surface area contributed by atoms with E-state index >= 15 is 0 Å². The van der Waals surface area contributed by atoms with Crippen LogP contribution in [-0.4, -0.2) is 29.8 Å². The number of aliphatic hydroxyl groups excluding tert-OH is 1. The molecule has 1 saturated carbocycles. The Bertz CT molecular complexity index is 659. The maximum atomic E-state index is 12.6. The van der Waals surface area contributed by atoms with E-state index in [9.17, 15) is 9.90 Å². The second kappa shape index (κ2) is 5.68. The van der Waals surface area contributed by atoms with Crippen molar-refractivity contribution >= 4 is 11.5 Å². The van der Waals surface area contributed by atoms with Gasteiger partial charge < -0.3 is 15.2 Å². The summed E-state index contributed by atoms with van der Waals surface area (Å²) in [5.41, 5.74) is 3.94. The minimum Gasteiger partial charge on any atom is -0.509 e. The smallest absolute Gasteiger partial charge is 0.256 e. The van der Waals surface area contributed by atoms with Crippen LogP contribution in [0.3, 0.4) is 0 Å². The van der Waals surface area contributed by atoms with Crippen molar-refractivity contribution in [2.75, 3.05) is 7.11 Å². The Morgan fingerprint density at radius 3 is 2.26 bits per heavy atom. The van der Waals surface area contributed by atoms with Gasteiger partial charge in [-0.2, -0.15) is 0 Å². The summed E-state index contributed by atoms with van der Waals surface area (Å²) in [5, 5.41) is 14.0. The second-order valence-corrected chi connectivity index (χ2v) is 6.97. The first-order valence-electron chi connectivity index (χ1n) is 8.25. The van der Waals surface area contributed by atoms with Crippen LogP contribution < -0.4 is 5.32 Å². The number of methoxy groups -OCH3 is 1. The average Bonchev–Trinajstić information content (AvgIpc) is 2.72. The molecule has 0 saturated heterocycles. The van der Waals surface area contributed by atoms with Crippen LogP contribution >= 0.6 is 0 Å². The summed E-state index contributed by atoms with van der Waals surface area (Å²) in [6.45, 7) is 6.03. The number of hydrogen-bond acceptors (Lipinski definition) is 3. The molecule has 0 bridgehead atoms. The van der Waals surface area contributed by atoms with Crippen LogP contribution in [0.15, 0.2) is 17.9 Å². The first-order chi connectivity index (χ1) is 10.9. The summed E-state index contributed by atoms with van der Waals surface area (Å²) < 4.78 is 5.41. The molecule has 2 N–H and O–H groups in total. The maximum absolute atomic E-state index is 12.6. The van der Waals surface area contributed by atoms with Gasteiger partial charge in [-0.1, -0.05) is 17.7 Å². The number of carbonyl (C=O) groups excluding carboxylic acids is 1. The fourth-order valence-electron chi connectivity index (χ4n) is 4.17. The SMILES string of the molecule is COC1CCC2(CC1)NC(=O)C(c1c(C)cc(C)cc1C)=C2O. The largest absolute Gasteiger partial charge is 0.509 e. The van der Waals surface area contributed by atoms with Crippen molar-refractivity contribution in [1.82, 2.24) is 5.32 Å². The molecule has 0 unspecified atom stereocenters. The molecule has 1 fully saturated rings. The lowest BCUT2D eigenvalue weighted by Crippen LogP contribution is -2.48. The van der Waals surface area contributed by atoms with Gasteiger partial charge in [0.15, 0.2) is 0 Å². The van der Waals surface area contributed by atoms with Gasteiger partial charge in [-0.25, -0.2) is 0 Å². The lowest BCUT2D eigenvalue weighted by molar-refractivity contribution is -0.116. The minimum absolute atomic E-state index is 0.159. The van der Waals surface area contributed by atoms with E-state index in [-0.39, 0.29) is 17.8 Å². The molecule has 124 valence electrons. The van der Waals surface area contributed by atoms with Crippen molar-refractivity contribution in [3.63, 3.8) is 0 Å². The van der Waals surface area contributed by atoms with Crippen molar-refractivity contribution in [3.05, 3.63) is 40.1 Å². The van der Waals surface area contributed by atoms with Gasteiger partial charge in [-0.3, -0.25) is 4.79 Å². The predicted molar refractivity (Wildman–Crippen MR) is 90.3 cm³/mol. The Balaban J connectivity index is 2.04. The number of aliphatic hydroxyl groups is 1. The molecule has 1 amide bonds. The summed E-state index contributed by atoms with van der Waals surface area (Å²) in [7, 11) is 1.72. The number of ether oxygens (including phenoxy) is 1. The van der Waals surface area contributed by atoms with Crippen LogP contribution in [0.1, 0.15) is 47.9 Å². The summed E-state index contributed by atoms with van der Waals surface area (Å²) in [5.74, 6) is 0.0560. The van der Waals surface area contributed by atoms with Gasteiger partial charge in [0.1, 0.15) is 5.76 Å². The standard InChI is InChI=1S/C19H25NO3/c1-11-9-12(2)15(13(3)10-11)16-17(21)19(20-18(16)22)7-5-14(23-4)6-8-19/h9-10,14,21H,5-8H2,1-4H3,(H,20,22). The molecule has 4 heteroatoms. The minimum atomic E-state index is -0.606. The summed E-state index contributed by atoms with van der Waals surface area (Å²) in [6, 6.07) is 4.12. The molecule has 0 radical (unpaired) electrons. The third kappa shape index (κ3) is 2.55. The molecule has 1 spiro atoms. The van der Waals surface area contributed by atoms with Crippen LogP contribution in [0.25, 0.3) is 5.57 Å². The van der Waals surface area contributed by atoms with Gasteiger partial charge in [0, 0.05) is 7.11 Å². The molecule has 1 aliphatic heterocycles. The highest BCUT2D eigenvalue weighted by atomic mass is 16.5. The fraction of sp³-hybridized carbons (Fsp3) is 0.526. The normalized spacial score (nSPS) is 27.7. The zero-order valence-corrected chi connectivity index (χ0v) is 14.3. The Labute approximate surface area is 137 Å². The van der Waals surface area contributed by atoms with Gasteiger partial charge in [0.2, 0.25) is 0 Å². The van der Waals surface area contributed by atoms with Crippen molar-refractivity contribution in [3.8, 4) is 0 Å². The van der Waals surface area contributed by atoms with E-state index in [4.69, 9.17) is 4.74 Å². The van der Waals surface area contributed by atoms with Crippen molar-refractivity contribution < 1.29 is 14.6 Å². The van der Waals surface area contributed by atoms with E-state index in [2.05, 4.69) is 17.4 Å². The Morgan fingerprint density at radius 2 is 1.74 bits per heavy atom. The van der Waals surface area contributed by atoms with Crippen molar-refractivity contribution in [1.29, 1.82) is 0 Å². The summed E-state index contributed by atoms with van der Waals surface area (Å²) in [6.07, 6.45) is 3.35. The zero-order chi connectivity index (χ0) is 16.8. The predicted octanol–water partition coefficient (Wildman–Crippen LogP) is 3.34. The average molecular weight is 315 g/mol. The Hall–Kier alpha value is -1.81. The van der Waals surface area contributed by atoms with Crippen LogP contribution in [0, 0.1) is 20.8 Å². The van der Waals surface area contributed by atoms with E-state index in [0.717, 1.165) is 47.9 Å². The van der Waals surface area contributed by atoms with E-state index < -0.39 is 5.54 Å². The summed E-state index contributed by atoms with van der Waals surface area (Å²) >= 11 is 0. The first-order valence-corrected chi connectivity index (χ1v) is 8.25. The molecule has 1 heterocycles.